The van der Waals surface area contributed by atoms with Crippen molar-refractivity contribution in [1.29, 1.82) is 0 Å². The monoisotopic (exact) mass is 246 g/mol. The second-order valence-corrected chi connectivity index (χ2v) is 4.14. The van der Waals surface area contributed by atoms with Crippen molar-refractivity contribution >= 4 is 11.0 Å². The predicted molar refractivity (Wildman–Crippen MR) is 69.1 cm³/mol. The van der Waals surface area contributed by atoms with Gasteiger partial charge in [-0.05, 0) is 25.1 Å². The number of hydrogen-bond acceptors (Lipinski definition) is 4. The Hall–Kier alpha value is -2.23. The van der Waals surface area contributed by atoms with Crippen LogP contribution in [0.3, 0.4) is 0 Å². The van der Waals surface area contributed by atoms with Crippen LogP contribution in [0.25, 0.3) is 11.0 Å². The second kappa shape index (κ2) is 4.96. The maximum Gasteiger partial charge on any atom is 0.336 e. The molecule has 1 aromatic heterocycles. The summed E-state index contributed by atoms with van der Waals surface area (Å²) in [6.45, 7) is 6.10. The van der Waals surface area contributed by atoms with E-state index < -0.39 is 5.63 Å². The molecule has 94 valence electrons. The summed E-state index contributed by atoms with van der Waals surface area (Å²) in [5.74, 6) is 0.157. The summed E-state index contributed by atoms with van der Waals surface area (Å²) >= 11 is 0. The van der Waals surface area contributed by atoms with Crippen LogP contribution in [-0.4, -0.2) is 11.7 Å². The molecule has 1 aromatic carbocycles. The van der Waals surface area contributed by atoms with Gasteiger partial charge in [0.1, 0.15) is 0 Å². The van der Waals surface area contributed by atoms with E-state index in [9.17, 15) is 9.90 Å². The molecule has 4 heteroatoms. The van der Waals surface area contributed by atoms with E-state index in [1.165, 1.54) is 6.07 Å². The molecule has 0 radical (unpaired) electrons. The van der Waals surface area contributed by atoms with Crippen molar-refractivity contribution < 1.29 is 14.3 Å². The number of phenols is 1. The molecule has 1 N–H and O–H groups in total. The first-order valence-corrected chi connectivity index (χ1v) is 5.61. The topological polar surface area (TPSA) is 59.7 Å². The molecule has 0 saturated carbocycles. The summed E-state index contributed by atoms with van der Waals surface area (Å²) in [7, 11) is 0. The molecule has 0 atom stereocenters. The van der Waals surface area contributed by atoms with Gasteiger partial charge in [-0.3, -0.25) is 0 Å². The third-order valence-electron chi connectivity index (χ3n) is 2.51. The smallest absolute Gasteiger partial charge is 0.336 e. The zero-order valence-electron chi connectivity index (χ0n) is 10.1. The van der Waals surface area contributed by atoms with Crippen LogP contribution >= 0.6 is 0 Å². The van der Waals surface area contributed by atoms with E-state index in [-0.39, 0.29) is 11.3 Å². The van der Waals surface area contributed by atoms with Gasteiger partial charge >= 0.3 is 5.63 Å². The molecule has 2 rings (SSSR count). The molecule has 18 heavy (non-hydrogen) atoms. The number of fused-ring (bicyclic) bond motifs is 1. The average molecular weight is 246 g/mol. The van der Waals surface area contributed by atoms with E-state index in [4.69, 9.17) is 9.15 Å². The van der Waals surface area contributed by atoms with Gasteiger partial charge < -0.3 is 14.3 Å². The first kappa shape index (κ1) is 12.2. The van der Waals surface area contributed by atoms with Gasteiger partial charge in [0.25, 0.3) is 0 Å². The first-order chi connectivity index (χ1) is 8.58. The molecule has 0 saturated heterocycles. The van der Waals surface area contributed by atoms with Gasteiger partial charge in [-0.2, -0.15) is 0 Å². The lowest BCUT2D eigenvalue weighted by Gasteiger charge is -2.08. The van der Waals surface area contributed by atoms with Gasteiger partial charge in [0.05, 0.1) is 6.61 Å². The number of benzene rings is 1. The molecule has 4 nitrogen and oxygen atoms in total. The molecule has 0 unspecified atom stereocenters. The zero-order valence-corrected chi connectivity index (χ0v) is 10.1. The Balaban J connectivity index is 2.32. The minimum absolute atomic E-state index is 0.146. The summed E-state index contributed by atoms with van der Waals surface area (Å²) in [4.78, 5) is 11.1. The Bertz CT molecular complexity index is 640. The van der Waals surface area contributed by atoms with E-state index in [2.05, 4.69) is 6.58 Å². The van der Waals surface area contributed by atoms with Gasteiger partial charge in [0.15, 0.2) is 11.3 Å². The van der Waals surface area contributed by atoms with Crippen molar-refractivity contribution in [3.8, 4) is 11.5 Å². The van der Waals surface area contributed by atoms with Gasteiger partial charge in [0.2, 0.25) is 5.75 Å². The second-order valence-electron chi connectivity index (χ2n) is 4.14. The molecule has 0 bridgehead atoms. The van der Waals surface area contributed by atoms with E-state index in [0.29, 0.717) is 24.2 Å². The van der Waals surface area contributed by atoms with Crippen molar-refractivity contribution in [3.63, 3.8) is 0 Å². The highest BCUT2D eigenvalue weighted by Gasteiger charge is 2.10. The third kappa shape index (κ3) is 2.53. The summed E-state index contributed by atoms with van der Waals surface area (Å²) in [6, 6.07) is 6.28. The fourth-order valence-electron chi connectivity index (χ4n) is 1.55. The quantitative estimate of drug-likeness (QED) is 0.665. The lowest BCUT2D eigenvalue weighted by Crippen LogP contribution is -1.99. The van der Waals surface area contributed by atoms with Crippen LogP contribution in [0, 0.1) is 0 Å². The molecule has 0 fully saturated rings. The minimum Gasteiger partial charge on any atom is -0.502 e. The Labute approximate surface area is 104 Å². The zero-order chi connectivity index (χ0) is 13.1. The van der Waals surface area contributed by atoms with E-state index in [1.807, 2.05) is 6.92 Å². The van der Waals surface area contributed by atoms with Crippen LogP contribution in [-0.2, 0) is 0 Å². The summed E-state index contributed by atoms with van der Waals surface area (Å²) in [5, 5.41) is 10.6. The van der Waals surface area contributed by atoms with Crippen molar-refractivity contribution in [2.45, 2.75) is 13.3 Å². The Morgan fingerprint density at radius 2 is 2.11 bits per heavy atom. The van der Waals surface area contributed by atoms with Crippen LogP contribution < -0.4 is 10.4 Å². The maximum absolute atomic E-state index is 11.1. The predicted octanol–water partition coefficient (Wildman–Crippen LogP) is 2.84. The normalized spacial score (nSPS) is 10.5. The molecular weight excluding hydrogens is 232 g/mol. The fraction of sp³-hybridized carbons (Fsp3) is 0.214. The summed E-state index contributed by atoms with van der Waals surface area (Å²) in [6.07, 6.45) is 0.705. The van der Waals surface area contributed by atoms with Crippen molar-refractivity contribution in [2.24, 2.45) is 0 Å². The van der Waals surface area contributed by atoms with E-state index in [0.717, 1.165) is 5.57 Å². The third-order valence-corrected chi connectivity index (χ3v) is 2.51. The van der Waals surface area contributed by atoms with Crippen molar-refractivity contribution in [2.75, 3.05) is 6.61 Å². The molecular formula is C14H14O4. The van der Waals surface area contributed by atoms with Crippen LogP contribution in [0.2, 0.25) is 0 Å². The number of aromatic hydroxyl groups is 1. The van der Waals surface area contributed by atoms with Gasteiger partial charge in [-0.15, -0.1) is 6.58 Å². The number of hydrogen-bond donors (Lipinski definition) is 1. The molecule has 0 aliphatic carbocycles. The minimum atomic E-state index is -0.503. The molecule has 0 aliphatic heterocycles. The van der Waals surface area contributed by atoms with Crippen LogP contribution in [0.15, 0.2) is 45.6 Å². The molecule has 0 amide bonds. The SMILES string of the molecule is C=C(C)CCOc1ccc2ccc(=O)oc2c1O. The Kier molecular flexibility index (Phi) is 3.37. The molecule has 0 aliphatic rings. The standard InChI is InChI=1S/C14H14O4/c1-9(2)7-8-17-11-5-3-10-4-6-12(15)18-14(10)13(11)16/h3-6,16H,1,7-8H2,2H3. The van der Waals surface area contributed by atoms with Gasteiger partial charge in [-0.1, -0.05) is 5.57 Å². The van der Waals surface area contributed by atoms with Crippen LogP contribution in [0.1, 0.15) is 13.3 Å². The highest BCUT2D eigenvalue weighted by molar-refractivity contribution is 5.84. The lowest BCUT2D eigenvalue weighted by molar-refractivity contribution is 0.302. The summed E-state index contributed by atoms with van der Waals surface area (Å²) < 4.78 is 10.4. The fourth-order valence-corrected chi connectivity index (χ4v) is 1.55. The molecule has 2 aromatic rings. The average Bonchev–Trinajstić information content (AvgIpc) is 2.32. The van der Waals surface area contributed by atoms with Gasteiger partial charge in [0, 0.05) is 17.9 Å². The number of phenolic OH excluding ortho intramolecular Hbond substituents is 1. The Morgan fingerprint density at radius 3 is 2.83 bits per heavy atom. The number of rotatable bonds is 4. The van der Waals surface area contributed by atoms with Crippen molar-refractivity contribution in [3.05, 3.63) is 46.8 Å². The number of ether oxygens (including phenoxy) is 1. The van der Waals surface area contributed by atoms with Gasteiger partial charge in [-0.25, -0.2) is 4.79 Å². The summed E-state index contributed by atoms with van der Waals surface area (Å²) in [5.41, 5.74) is 0.647. The first-order valence-electron chi connectivity index (χ1n) is 5.61. The molecule has 1 heterocycles. The van der Waals surface area contributed by atoms with Crippen LogP contribution in [0.5, 0.6) is 11.5 Å². The largest absolute Gasteiger partial charge is 0.502 e. The molecule has 0 spiro atoms. The Morgan fingerprint density at radius 1 is 1.39 bits per heavy atom. The maximum atomic E-state index is 11.1. The lowest BCUT2D eigenvalue weighted by atomic mass is 10.2. The van der Waals surface area contributed by atoms with Crippen LogP contribution in [0.4, 0.5) is 0 Å². The highest BCUT2D eigenvalue weighted by atomic mass is 16.5. The van der Waals surface area contributed by atoms with E-state index in [1.54, 1.807) is 18.2 Å². The van der Waals surface area contributed by atoms with E-state index >= 15 is 0 Å². The highest BCUT2D eigenvalue weighted by Crippen LogP contribution is 2.33. The van der Waals surface area contributed by atoms with Crippen molar-refractivity contribution in [1.82, 2.24) is 0 Å².